The molecule has 0 aliphatic heterocycles. The Morgan fingerprint density at radius 1 is 1.44 bits per heavy atom. The summed E-state index contributed by atoms with van der Waals surface area (Å²) in [4.78, 5) is 12.7. The molecule has 0 fully saturated rings. The van der Waals surface area contributed by atoms with Gasteiger partial charge >= 0.3 is 0 Å². The highest BCUT2D eigenvalue weighted by molar-refractivity contribution is 7.09. The predicted octanol–water partition coefficient (Wildman–Crippen LogP) is 1.79. The summed E-state index contributed by atoms with van der Waals surface area (Å²) >= 11 is 1.78. The van der Waals surface area contributed by atoms with Gasteiger partial charge in [-0.3, -0.25) is 4.79 Å². The van der Waals surface area contributed by atoms with Crippen molar-refractivity contribution in [3.05, 3.63) is 22.4 Å². The summed E-state index contributed by atoms with van der Waals surface area (Å²) in [6.07, 6.45) is 1.60. The molecule has 16 heavy (non-hydrogen) atoms. The van der Waals surface area contributed by atoms with E-state index in [1.165, 1.54) is 4.88 Å². The SMILES string of the molecule is CC(C)NC(=O)CCNCCc1cccs1. The lowest BCUT2D eigenvalue weighted by Gasteiger charge is -2.08. The van der Waals surface area contributed by atoms with Crippen LogP contribution < -0.4 is 10.6 Å². The number of carbonyl (C=O) groups excluding carboxylic acids is 1. The van der Waals surface area contributed by atoms with Gasteiger partial charge in [-0.15, -0.1) is 11.3 Å². The molecule has 0 saturated carbocycles. The van der Waals surface area contributed by atoms with E-state index in [0.29, 0.717) is 6.42 Å². The van der Waals surface area contributed by atoms with E-state index in [2.05, 4.69) is 28.1 Å². The smallest absolute Gasteiger partial charge is 0.221 e. The van der Waals surface area contributed by atoms with Crippen LogP contribution in [0.3, 0.4) is 0 Å². The van der Waals surface area contributed by atoms with E-state index < -0.39 is 0 Å². The zero-order chi connectivity index (χ0) is 11.8. The summed E-state index contributed by atoms with van der Waals surface area (Å²) in [7, 11) is 0. The average Bonchev–Trinajstić information content (AvgIpc) is 2.68. The van der Waals surface area contributed by atoms with Crippen molar-refractivity contribution in [1.82, 2.24) is 10.6 Å². The molecular weight excluding hydrogens is 220 g/mol. The molecule has 0 bridgehead atoms. The van der Waals surface area contributed by atoms with Crippen molar-refractivity contribution in [1.29, 1.82) is 0 Å². The van der Waals surface area contributed by atoms with Crippen LogP contribution in [-0.4, -0.2) is 25.0 Å². The average molecular weight is 240 g/mol. The highest BCUT2D eigenvalue weighted by atomic mass is 32.1. The molecule has 1 aromatic heterocycles. The fourth-order valence-electron chi connectivity index (χ4n) is 1.39. The van der Waals surface area contributed by atoms with Gasteiger partial charge in [0, 0.05) is 23.9 Å². The zero-order valence-corrected chi connectivity index (χ0v) is 10.8. The van der Waals surface area contributed by atoms with Gasteiger partial charge in [-0.2, -0.15) is 0 Å². The van der Waals surface area contributed by atoms with Gasteiger partial charge in [0.05, 0.1) is 0 Å². The van der Waals surface area contributed by atoms with Crippen LogP contribution in [0.2, 0.25) is 0 Å². The van der Waals surface area contributed by atoms with E-state index in [9.17, 15) is 4.79 Å². The molecule has 0 saturated heterocycles. The van der Waals surface area contributed by atoms with Crippen molar-refractivity contribution >= 4 is 17.2 Å². The van der Waals surface area contributed by atoms with Gasteiger partial charge in [0.2, 0.25) is 5.91 Å². The molecule has 0 aliphatic carbocycles. The molecule has 0 unspecified atom stereocenters. The van der Waals surface area contributed by atoms with Crippen molar-refractivity contribution in [3.63, 3.8) is 0 Å². The van der Waals surface area contributed by atoms with Gasteiger partial charge in [-0.1, -0.05) is 6.07 Å². The van der Waals surface area contributed by atoms with Crippen molar-refractivity contribution < 1.29 is 4.79 Å². The molecule has 1 amide bonds. The summed E-state index contributed by atoms with van der Waals surface area (Å²) in [5.74, 6) is 0.124. The Kier molecular flexibility index (Phi) is 6.11. The number of nitrogens with one attached hydrogen (secondary N) is 2. The zero-order valence-electron chi connectivity index (χ0n) is 9.95. The standard InChI is InChI=1S/C12H20N2OS/c1-10(2)14-12(15)6-8-13-7-5-11-4-3-9-16-11/h3-4,9-10,13H,5-8H2,1-2H3,(H,14,15). The lowest BCUT2D eigenvalue weighted by Crippen LogP contribution is -2.32. The summed E-state index contributed by atoms with van der Waals surface area (Å²) in [6, 6.07) is 4.44. The lowest BCUT2D eigenvalue weighted by molar-refractivity contribution is -0.121. The molecule has 0 aliphatic rings. The minimum absolute atomic E-state index is 0.124. The molecule has 0 radical (unpaired) electrons. The third-order valence-corrected chi connectivity index (χ3v) is 3.04. The highest BCUT2D eigenvalue weighted by Gasteiger charge is 2.01. The third kappa shape index (κ3) is 5.88. The lowest BCUT2D eigenvalue weighted by atomic mass is 10.3. The minimum Gasteiger partial charge on any atom is -0.354 e. The summed E-state index contributed by atoms with van der Waals surface area (Å²) < 4.78 is 0. The van der Waals surface area contributed by atoms with E-state index in [1.54, 1.807) is 11.3 Å². The molecule has 2 N–H and O–H groups in total. The van der Waals surface area contributed by atoms with Crippen molar-refractivity contribution in [3.8, 4) is 0 Å². The minimum atomic E-state index is 0.124. The Labute approximate surface area is 101 Å². The Morgan fingerprint density at radius 3 is 2.88 bits per heavy atom. The topological polar surface area (TPSA) is 41.1 Å². The molecule has 1 heterocycles. The largest absolute Gasteiger partial charge is 0.354 e. The molecule has 0 aromatic carbocycles. The highest BCUT2D eigenvalue weighted by Crippen LogP contribution is 2.07. The predicted molar refractivity (Wildman–Crippen MR) is 68.8 cm³/mol. The van der Waals surface area contributed by atoms with Crippen LogP contribution in [0, 0.1) is 0 Å². The van der Waals surface area contributed by atoms with E-state index in [-0.39, 0.29) is 11.9 Å². The van der Waals surface area contributed by atoms with Crippen molar-refractivity contribution in [2.75, 3.05) is 13.1 Å². The Hall–Kier alpha value is -0.870. The first-order valence-electron chi connectivity index (χ1n) is 5.71. The molecule has 3 nitrogen and oxygen atoms in total. The third-order valence-electron chi connectivity index (χ3n) is 2.11. The van der Waals surface area contributed by atoms with E-state index in [1.807, 2.05) is 13.8 Å². The van der Waals surface area contributed by atoms with E-state index in [4.69, 9.17) is 0 Å². The summed E-state index contributed by atoms with van der Waals surface area (Å²) in [5.41, 5.74) is 0. The fourth-order valence-corrected chi connectivity index (χ4v) is 2.10. The number of hydrogen-bond donors (Lipinski definition) is 2. The van der Waals surface area contributed by atoms with Crippen molar-refractivity contribution in [2.45, 2.75) is 32.7 Å². The molecule has 1 aromatic rings. The van der Waals surface area contributed by atoms with E-state index in [0.717, 1.165) is 19.5 Å². The maximum atomic E-state index is 11.3. The molecular formula is C12H20N2OS. The van der Waals surface area contributed by atoms with Gasteiger partial charge in [0.15, 0.2) is 0 Å². The number of thiophene rings is 1. The first-order chi connectivity index (χ1) is 7.68. The van der Waals surface area contributed by atoms with Crippen LogP contribution in [0.15, 0.2) is 17.5 Å². The monoisotopic (exact) mass is 240 g/mol. The molecule has 4 heteroatoms. The second kappa shape index (κ2) is 7.41. The first kappa shape index (κ1) is 13.2. The molecule has 0 atom stereocenters. The second-order valence-corrected chi connectivity index (χ2v) is 5.08. The molecule has 90 valence electrons. The normalized spacial score (nSPS) is 10.7. The van der Waals surface area contributed by atoms with Crippen LogP contribution >= 0.6 is 11.3 Å². The number of carbonyl (C=O) groups is 1. The number of rotatable bonds is 7. The van der Waals surface area contributed by atoms with Crippen LogP contribution in [0.25, 0.3) is 0 Å². The fraction of sp³-hybridized carbons (Fsp3) is 0.583. The summed E-state index contributed by atoms with van der Waals surface area (Å²) in [6.45, 7) is 5.64. The molecule has 1 rings (SSSR count). The van der Waals surface area contributed by atoms with Gasteiger partial charge in [-0.05, 0) is 38.3 Å². The van der Waals surface area contributed by atoms with Crippen LogP contribution in [-0.2, 0) is 11.2 Å². The van der Waals surface area contributed by atoms with Gasteiger partial charge in [0.25, 0.3) is 0 Å². The van der Waals surface area contributed by atoms with Crippen molar-refractivity contribution in [2.24, 2.45) is 0 Å². The van der Waals surface area contributed by atoms with Crippen LogP contribution in [0.1, 0.15) is 25.1 Å². The van der Waals surface area contributed by atoms with Crippen LogP contribution in [0.5, 0.6) is 0 Å². The Bertz CT molecular complexity index is 296. The number of amides is 1. The molecule has 0 spiro atoms. The van der Waals surface area contributed by atoms with Gasteiger partial charge in [-0.25, -0.2) is 0 Å². The Balaban J connectivity index is 1.98. The van der Waals surface area contributed by atoms with Gasteiger partial charge < -0.3 is 10.6 Å². The van der Waals surface area contributed by atoms with Gasteiger partial charge in [0.1, 0.15) is 0 Å². The quantitative estimate of drug-likeness (QED) is 0.714. The van der Waals surface area contributed by atoms with Crippen LogP contribution in [0.4, 0.5) is 0 Å². The maximum Gasteiger partial charge on any atom is 0.221 e. The first-order valence-corrected chi connectivity index (χ1v) is 6.59. The second-order valence-electron chi connectivity index (χ2n) is 4.05. The summed E-state index contributed by atoms with van der Waals surface area (Å²) in [5, 5.41) is 8.23. The Morgan fingerprint density at radius 2 is 2.25 bits per heavy atom. The van der Waals surface area contributed by atoms with E-state index >= 15 is 0 Å². The number of hydrogen-bond acceptors (Lipinski definition) is 3. The maximum absolute atomic E-state index is 11.3.